The first-order valence-corrected chi connectivity index (χ1v) is 7.83. The molecule has 0 saturated carbocycles. The van der Waals surface area contributed by atoms with E-state index in [0.29, 0.717) is 11.1 Å². The van der Waals surface area contributed by atoms with Crippen LogP contribution in [0.4, 0.5) is 0 Å². The minimum atomic E-state index is -1.13. The topological polar surface area (TPSA) is 65.0 Å². The molecule has 4 atom stereocenters. The van der Waals surface area contributed by atoms with Gasteiger partial charge in [-0.05, 0) is 38.5 Å². The van der Waals surface area contributed by atoms with Gasteiger partial charge in [-0.2, -0.15) is 0 Å². The van der Waals surface area contributed by atoms with Crippen LogP contribution in [0.1, 0.15) is 31.1 Å². The molecule has 24 heavy (non-hydrogen) atoms. The highest BCUT2D eigenvalue weighted by Gasteiger charge is 2.46. The maximum Gasteiger partial charge on any atom is 0.338 e. The summed E-state index contributed by atoms with van der Waals surface area (Å²) in [6.07, 6.45) is -1.69. The van der Waals surface area contributed by atoms with Gasteiger partial charge in [0.05, 0.1) is 5.56 Å². The third-order valence-electron chi connectivity index (χ3n) is 3.77. The molecule has 1 aromatic carbocycles. The fourth-order valence-corrected chi connectivity index (χ4v) is 2.66. The summed E-state index contributed by atoms with van der Waals surface area (Å²) < 4.78 is 16.9. The standard InChI is InChI=1S/C19H24O5/c1-6-14-17(24-19(4,5)23-14)15(20)16(12(2)3)22-18(21)13-10-8-7-9-11-13/h6-11,14-17,20H,1-2H2,3-5H3/t14-,15+,16+,17-/m1/s1. The molecule has 5 nitrogen and oxygen atoms in total. The minimum absolute atomic E-state index is 0.403. The van der Waals surface area contributed by atoms with Gasteiger partial charge in [0.2, 0.25) is 0 Å². The summed E-state index contributed by atoms with van der Waals surface area (Å²) >= 11 is 0. The molecule has 1 aromatic rings. The maximum atomic E-state index is 12.3. The van der Waals surface area contributed by atoms with Crippen molar-refractivity contribution in [2.24, 2.45) is 0 Å². The predicted molar refractivity (Wildman–Crippen MR) is 90.5 cm³/mol. The van der Waals surface area contributed by atoms with E-state index in [1.807, 2.05) is 6.07 Å². The van der Waals surface area contributed by atoms with E-state index < -0.39 is 36.2 Å². The SMILES string of the molecule is C=C[C@H]1OC(C)(C)O[C@H]1[C@@H](O)[C@@H](OC(=O)c1ccccc1)C(=C)C. The molecule has 0 amide bonds. The lowest BCUT2D eigenvalue weighted by atomic mass is 9.98. The fourth-order valence-electron chi connectivity index (χ4n) is 2.66. The van der Waals surface area contributed by atoms with Gasteiger partial charge in [0, 0.05) is 0 Å². The summed E-state index contributed by atoms with van der Waals surface area (Å²) in [6.45, 7) is 12.7. The van der Waals surface area contributed by atoms with E-state index >= 15 is 0 Å². The van der Waals surface area contributed by atoms with E-state index in [2.05, 4.69) is 13.2 Å². The van der Waals surface area contributed by atoms with Crippen molar-refractivity contribution in [3.63, 3.8) is 0 Å². The summed E-state index contributed by atoms with van der Waals surface area (Å²) in [6, 6.07) is 8.59. The summed E-state index contributed by atoms with van der Waals surface area (Å²) in [7, 11) is 0. The average molecular weight is 332 g/mol. The lowest BCUT2D eigenvalue weighted by Crippen LogP contribution is -2.45. The van der Waals surface area contributed by atoms with Gasteiger partial charge >= 0.3 is 5.97 Å². The Morgan fingerprint density at radius 1 is 1.33 bits per heavy atom. The number of rotatable bonds is 6. The molecule has 0 bridgehead atoms. The molecule has 130 valence electrons. The van der Waals surface area contributed by atoms with Crippen LogP contribution < -0.4 is 0 Å². The number of benzene rings is 1. The molecule has 5 heteroatoms. The Bertz CT molecular complexity index is 607. The van der Waals surface area contributed by atoms with Crippen LogP contribution >= 0.6 is 0 Å². The number of esters is 1. The first kappa shape index (κ1) is 18.4. The molecule has 2 rings (SSSR count). The maximum absolute atomic E-state index is 12.3. The molecule has 1 heterocycles. The van der Waals surface area contributed by atoms with Crippen molar-refractivity contribution in [2.75, 3.05) is 0 Å². The van der Waals surface area contributed by atoms with E-state index in [0.717, 1.165) is 0 Å². The Labute approximate surface area is 142 Å². The molecular formula is C19H24O5. The number of hydrogen-bond acceptors (Lipinski definition) is 5. The van der Waals surface area contributed by atoms with Crippen molar-refractivity contribution in [3.05, 3.63) is 60.7 Å². The molecule has 1 N–H and O–H groups in total. The fraction of sp³-hybridized carbons (Fsp3) is 0.421. The molecule has 0 aromatic heterocycles. The van der Waals surface area contributed by atoms with Crippen LogP contribution in [0, 0.1) is 0 Å². The minimum Gasteiger partial charge on any atom is -0.451 e. The second-order valence-electron chi connectivity index (χ2n) is 6.33. The van der Waals surface area contributed by atoms with Crippen molar-refractivity contribution in [2.45, 2.75) is 51.0 Å². The number of ether oxygens (including phenoxy) is 3. The van der Waals surface area contributed by atoms with Crippen molar-refractivity contribution < 1.29 is 24.1 Å². The smallest absolute Gasteiger partial charge is 0.338 e. The van der Waals surface area contributed by atoms with Gasteiger partial charge in [-0.1, -0.05) is 30.9 Å². The molecule has 1 aliphatic heterocycles. The Balaban J connectivity index is 2.16. The van der Waals surface area contributed by atoms with Crippen molar-refractivity contribution in [1.29, 1.82) is 0 Å². The Hall–Kier alpha value is -1.95. The van der Waals surface area contributed by atoms with Crippen LogP contribution in [0.5, 0.6) is 0 Å². The van der Waals surface area contributed by atoms with E-state index in [9.17, 15) is 9.90 Å². The van der Waals surface area contributed by atoms with Gasteiger partial charge in [-0.3, -0.25) is 0 Å². The monoisotopic (exact) mass is 332 g/mol. The zero-order valence-corrected chi connectivity index (χ0v) is 14.3. The normalized spacial score (nSPS) is 24.8. The second kappa shape index (κ2) is 7.30. The van der Waals surface area contributed by atoms with Crippen LogP contribution in [0.3, 0.4) is 0 Å². The van der Waals surface area contributed by atoms with E-state index in [4.69, 9.17) is 14.2 Å². The van der Waals surface area contributed by atoms with Gasteiger partial charge in [0.15, 0.2) is 11.9 Å². The molecule has 0 aliphatic carbocycles. The molecule has 0 unspecified atom stereocenters. The lowest BCUT2D eigenvalue weighted by Gasteiger charge is -2.29. The van der Waals surface area contributed by atoms with Crippen molar-refractivity contribution >= 4 is 5.97 Å². The van der Waals surface area contributed by atoms with Gasteiger partial charge in [0.1, 0.15) is 18.3 Å². The van der Waals surface area contributed by atoms with Crippen LogP contribution in [0.2, 0.25) is 0 Å². The van der Waals surface area contributed by atoms with Crippen molar-refractivity contribution in [1.82, 2.24) is 0 Å². The summed E-state index contributed by atoms with van der Waals surface area (Å²) in [5, 5.41) is 10.7. The summed E-state index contributed by atoms with van der Waals surface area (Å²) in [4.78, 5) is 12.3. The van der Waals surface area contributed by atoms with Crippen LogP contribution in [0.15, 0.2) is 55.1 Å². The Morgan fingerprint density at radius 3 is 2.50 bits per heavy atom. The van der Waals surface area contributed by atoms with E-state index in [1.54, 1.807) is 51.1 Å². The number of aliphatic hydroxyl groups excluding tert-OH is 1. The molecule has 0 radical (unpaired) electrons. The number of carbonyl (C=O) groups is 1. The quantitative estimate of drug-likeness (QED) is 0.641. The molecule has 0 spiro atoms. The van der Waals surface area contributed by atoms with E-state index in [-0.39, 0.29) is 0 Å². The zero-order valence-electron chi connectivity index (χ0n) is 14.3. The summed E-state index contributed by atoms with van der Waals surface area (Å²) in [5.41, 5.74) is 0.919. The van der Waals surface area contributed by atoms with Gasteiger partial charge in [-0.25, -0.2) is 4.79 Å². The van der Waals surface area contributed by atoms with Gasteiger partial charge in [-0.15, -0.1) is 6.58 Å². The third kappa shape index (κ3) is 4.12. The second-order valence-corrected chi connectivity index (χ2v) is 6.33. The largest absolute Gasteiger partial charge is 0.451 e. The van der Waals surface area contributed by atoms with Crippen LogP contribution in [0.25, 0.3) is 0 Å². The van der Waals surface area contributed by atoms with Gasteiger partial charge in [0.25, 0.3) is 0 Å². The predicted octanol–water partition coefficient (Wildman–Crippen LogP) is 2.86. The van der Waals surface area contributed by atoms with Crippen molar-refractivity contribution in [3.8, 4) is 0 Å². The third-order valence-corrected chi connectivity index (χ3v) is 3.77. The number of aliphatic hydroxyl groups is 1. The highest BCUT2D eigenvalue weighted by Crippen LogP contribution is 2.33. The Morgan fingerprint density at radius 2 is 1.96 bits per heavy atom. The molecular weight excluding hydrogens is 308 g/mol. The van der Waals surface area contributed by atoms with E-state index in [1.165, 1.54) is 0 Å². The van der Waals surface area contributed by atoms with Crippen LogP contribution in [-0.2, 0) is 14.2 Å². The van der Waals surface area contributed by atoms with Crippen LogP contribution in [-0.4, -0.2) is 41.3 Å². The lowest BCUT2D eigenvalue weighted by molar-refractivity contribution is -0.159. The summed E-state index contributed by atoms with van der Waals surface area (Å²) in [5.74, 6) is -1.39. The molecule has 1 fully saturated rings. The highest BCUT2D eigenvalue weighted by atomic mass is 16.8. The molecule has 1 aliphatic rings. The Kier molecular flexibility index (Phi) is 5.59. The average Bonchev–Trinajstić information content (AvgIpc) is 2.87. The van der Waals surface area contributed by atoms with Gasteiger partial charge < -0.3 is 19.3 Å². The first-order chi connectivity index (χ1) is 11.2. The highest BCUT2D eigenvalue weighted by molar-refractivity contribution is 5.89. The zero-order chi connectivity index (χ0) is 17.9. The number of carbonyl (C=O) groups excluding carboxylic acids is 1. The molecule has 1 saturated heterocycles. The first-order valence-electron chi connectivity index (χ1n) is 7.83. The number of hydrogen-bond donors (Lipinski definition) is 1.